The van der Waals surface area contributed by atoms with Crippen molar-refractivity contribution in [2.45, 2.75) is 27.7 Å². The van der Waals surface area contributed by atoms with Crippen molar-refractivity contribution in [3.8, 4) is 0 Å². The zero-order valence-electron chi connectivity index (χ0n) is 12.7. The van der Waals surface area contributed by atoms with Crippen molar-refractivity contribution in [1.29, 1.82) is 0 Å². The summed E-state index contributed by atoms with van der Waals surface area (Å²) in [6.45, 7) is 11.3. The quantitative estimate of drug-likeness (QED) is 0.678. The molecule has 0 aliphatic rings. The van der Waals surface area contributed by atoms with Gasteiger partial charge in [0.05, 0.1) is 5.41 Å². The average Bonchev–Trinajstić information content (AvgIpc) is 2.98. The number of aryl methyl sites for hydroxylation is 2. The first-order chi connectivity index (χ1) is 9.79. The van der Waals surface area contributed by atoms with E-state index in [1.165, 1.54) is 0 Å². The van der Waals surface area contributed by atoms with Crippen LogP contribution < -0.4 is 10.6 Å². The summed E-state index contributed by atoms with van der Waals surface area (Å²) >= 11 is 0. The number of anilines is 2. The predicted molar refractivity (Wildman–Crippen MR) is 81.8 cm³/mol. The van der Waals surface area contributed by atoms with Gasteiger partial charge in [-0.1, -0.05) is 6.58 Å². The first kappa shape index (κ1) is 14.8. The molecule has 7 nitrogen and oxygen atoms in total. The highest BCUT2D eigenvalue weighted by Gasteiger charge is 2.32. The van der Waals surface area contributed by atoms with Crippen LogP contribution in [-0.4, -0.2) is 26.3 Å². The molecular weight excluding hydrogens is 268 g/mol. The molecule has 0 bridgehead atoms. The minimum atomic E-state index is -0.820. The zero-order valence-corrected chi connectivity index (χ0v) is 12.7. The molecule has 0 unspecified atom stereocenters. The monoisotopic (exact) mass is 288 g/mol. The number of H-pyrrole nitrogens is 2. The SMILES string of the molecule is C=C(Nc1cc(C)[nH]n1)C(C)(C)C(=O)Nc1cc(C)[nH]n1. The summed E-state index contributed by atoms with van der Waals surface area (Å²) in [6.07, 6.45) is 0. The summed E-state index contributed by atoms with van der Waals surface area (Å²) in [7, 11) is 0. The first-order valence-corrected chi connectivity index (χ1v) is 6.61. The Morgan fingerprint density at radius 3 is 2.00 bits per heavy atom. The number of amides is 1. The van der Waals surface area contributed by atoms with Crippen molar-refractivity contribution in [2.24, 2.45) is 5.41 Å². The summed E-state index contributed by atoms with van der Waals surface area (Å²) in [4.78, 5) is 12.4. The fourth-order valence-corrected chi connectivity index (χ4v) is 1.68. The molecule has 1 amide bonds. The van der Waals surface area contributed by atoms with E-state index in [-0.39, 0.29) is 5.91 Å². The van der Waals surface area contributed by atoms with Gasteiger partial charge >= 0.3 is 0 Å². The molecule has 21 heavy (non-hydrogen) atoms. The van der Waals surface area contributed by atoms with E-state index in [1.807, 2.05) is 19.9 Å². The smallest absolute Gasteiger partial charge is 0.237 e. The molecule has 2 aromatic rings. The number of carbonyl (C=O) groups excluding carboxylic acids is 1. The van der Waals surface area contributed by atoms with Crippen molar-refractivity contribution in [3.63, 3.8) is 0 Å². The molecule has 0 aliphatic carbocycles. The van der Waals surface area contributed by atoms with E-state index in [9.17, 15) is 4.79 Å². The van der Waals surface area contributed by atoms with Gasteiger partial charge in [0.2, 0.25) is 5.91 Å². The van der Waals surface area contributed by atoms with Gasteiger partial charge in [0.1, 0.15) is 0 Å². The van der Waals surface area contributed by atoms with Crippen LogP contribution in [0.5, 0.6) is 0 Å². The Balaban J connectivity index is 2.05. The molecular formula is C14H20N6O. The molecule has 0 radical (unpaired) electrons. The number of carbonyl (C=O) groups is 1. The number of nitrogens with one attached hydrogen (secondary N) is 4. The molecule has 112 valence electrons. The Morgan fingerprint density at radius 2 is 1.57 bits per heavy atom. The highest BCUT2D eigenvalue weighted by molar-refractivity contribution is 5.96. The summed E-state index contributed by atoms with van der Waals surface area (Å²) in [5.74, 6) is 0.932. The molecule has 7 heteroatoms. The Bertz CT molecular complexity index is 610. The molecule has 2 heterocycles. The van der Waals surface area contributed by atoms with Crippen LogP contribution in [0.15, 0.2) is 24.4 Å². The zero-order chi connectivity index (χ0) is 15.6. The van der Waals surface area contributed by atoms with Crippen LogP contribution in [-0.2, 0) is 4.79 Å². The Labute approximate surface area is 123 Å². The van der Waals surface area contributed by atoms with Crippen LogP contribution in [0.25, 0.3) is 0 Å². The van der Waals surface area contributed by atoms with E-state index in [2.05, 4.69) is 37.6 Å². The summed E-state index contributed by atoms with van der Waals surface area (Å²) in [5.41, 5.74) is 1.55. The number of rotatable bonds is 5. The van der Waals surface area contributed by atoms with Crippen molar-refractivity contribution >= 4 is 17.5 Å². The van der Waals surface area contributed by atoms with Crippen LogP contribution in [0.3, 0.4) is 0 Å². The molecule has 2 aromatic heterocycles. The highest BCUT2D eigenvalue weighted by atomic mass is 16.2. The lowest BCUT2D eigenvalue weighted by atomic mass is 9.88. The molecule has 0 spiro atoms. The maximum absolute atomic E-state index is 12.4. The lowest BCUT2D eigenvalue weighted by molar-refractivity contribution is -0.122. The number of hydrogen-bond donors (Lipinski definition) is 4. The van der Waals surface area contributed by atoms with Gasteiger partial charge in [0, 0.05) is 29.2 Å². The topological polar surface area (TPSA) is 98.5 Å². The van der Waals surface area contributed by atoms with Gasteiger partial charge in [-0.05, 0) is 27.7 Å². The second kappa shape index (κ2) is 5.43. The maximum atomic E-state index is 12.4. The van der Waals surface area contributed by atoms with Crippen molar-refractivity contribution in [3.05, 3.63) is 35.8 Å². The summed E-state index contributed by atoms with van der Waals surface area (Å²) < 4.78 is 0. The van der Waals surface area contributed by atoms with Gasteiger partial charge in [-0.15, -0.1) is 0 Å². The van der Waals surface area contributed by atoms with E-state index in [0.717, 1.165) is 11.4 Å². The Kier molecular flexibility index (Phi) is 3.84. The molecule has 4 N–H and O–H groups in total. The number of aromatic amines is 2. The average molecular weight is 288 g/mol. The largest absolute Gasteiger partial charge is 0.342 e. The van der Waals surface area contributed by atoms with Gasteiger partial charge in [0.25, 0.3) is 0 Å². The van der Waals surface area contributed by atoms with Gasteiger partial charge in [-0.3, -0.25) is 15.0 Å². The lowest BCUT2D eigenvalue weighted by Gasteiger charge is -2.25. The van der Waals surface area contributed by atoms with Crippen LogP contribution in [0.4, 0.5) is 11.6 Å². The minimum Gasteiger partial charge on any atom is -0.342 e. The fraction of sp³-hybridized carbons (Fsp3) is 0.357. The van der Waals surface area contributed by atoms with Crippen LogP contribution in [0.2, 0.25) is 0 Å². The van der Waals surface area contributed by atoms with E-state index in [4.69, 9.17) is 0 Å². The molecule has 0 fully saturated rings. The molecule has 2 rings (SSSR count). The summed E-state index contributed by atoms with van der Waals surface area (Å²) in [6, 6.07) is 3.61. The van der Waals surface area contributed by atoms with Crippen molar-refractivity contribution in [2.75, 3.05) is 10.6 Å². The highest BCUT2D eigenvalue weighted by Crippen LogP contribution is 2.27. The van der Waals surface area contributed by atoms with Gasteiger partial charge in [-0.25, -0.2) is 0 Å². The third-order valence-electron chi connectivity index (χ3n) is 3.25. The van der Waals surface area contributed by atoms with Crippen molar-refractivity contribution in [1.82, 2.24) is 20.4 Å². The lowest BCUT2D eigenvalue weighted by Crippen LogP contribution is -2.35. The van der Waals surface area contributed by atoms with Crippen LogP contribution >= 0.6 is 0 Å². The second-order valence-corrected chi connectivity index (χ2v) is 5.56. The Hall–Kier alpha value is -2.57. The molecule has 0 aromatic carbocycles. The van der Waals surface area contributed by atoms with E-state index < -0.39 is 5.41 Å². The third-order valence-corrected chi connectivity index (χ3v) is 3.25. The number of nitrogens with zero attached hydrogens (tertiary/aromatic N) is 2. The number of hydrogen-bond acceptors (Lipinski definition) is 4. The summed E-state index contributed by atoms with van der Waals surface area (Å²) in [5, 5.41) is 19.5. The van der Waals surface area contributed by atoms with Crippen molar-refractivity contribution < 1.29 is 4.79 Å². The molecule has 0 atom stereocenters. The van der Waals surface area contributed by atoms with E-state index in [1.54, 1.807) is 19.9 Å². The van der Waals surface area contributed by atoms with Crippen LogP contribution in [0, 0.1) is 19.3 Å². The first-order valence-electron chi connectivity index (χ1n) is 6.61. The van der Waals surface area contributed by atoms with Gasteiger partial charge in [-0.2, -0.15) is 10.2 Å². The molecule has 0 saturated heterocycles. The molecule has 0 aliphatic heterocycles. The van der Waals surface area contributed by atoms with Crippen LogP contribution in [0.1, 0.15) is 25.2 Å². The van der Waals surface area contributed by atoms with E-state index >= 15 is 0 Å². The number of aromatic nitrogens is 4. The van der Waals surface area contributed by atoms with E-state index in [0.29, 0.717) is 17.3 Å². The Morgan fingerprint density at radius 1 is 1.10 bits per heavy atom. The normalized spacial score (nSPS) is 11.2. The predicted octanol–water partition coefficient (Wildman–Crippen LogP) is 2.34. The molecule has 0 saturated carbocycles. The second-order valence-electron chi connectivity index (χ2n) is 5.56. The minimum absolute atomic E-state index is 0.196. The fourth-order valence-electron chi connectivity index (χ4n) is 1.68. The third kappa shape index (κ3) is 3.31. The van der Waals surface area contributed by atoms with Gasteiger partial charge < -0.3 is 10.6 Å². The van der Waals surface area contributed by atoms with Gasteiger partial charge in [0.15, 0.2) is 11.6 Å². The maximum Gasteiger partial charge on any atom is 0.237 e. The standard InChI is InChI=1S/C14H20N6O/c1-8-6-11(19-17-8)15-10(3)14(4,5)13(21)16-12-7-9(2)18-20-12/h6-7H,3H2,1-2,4-5H3,(H2,15,17,19)(H2,16,18,20,21).